The Hall–Kier alpha value is -2.14. The summed E-state index contributed by atoms with van der Waals surface area (Å²) in [4.78, 5) is 15.3. The van der Waals surface area contributed by atoms with Crippen LogP contribution in [0.5, 0.6) is 0 Å². The lowest BCUT2D eigenvalue weighted by molar-refractivity contribution is -0.122. The van der Waals surface area contributed by atoms with Crippen LogP contribution in [0.1, 0.15) is 36.3 Å². The topological polar surface area (TPSA) is 50.2 Å². The molecule has 0 spiro atoms. The smallest absolute Gasteiger partial charge is 0.232 e. The maximum absolute atomic E-state index is 13.3. The molecular weight excluding hydrogens is 300 g/mol. The second-order valence-electron chi connectivity index (χ2n) is 7.06. The van der Waals surface area contributed by atoms with Gasteiger partial charge in [-0.25, -0.2) is 0 Å². The Morgan fingerprint density at radius 1 is 1.29 bits per heavy atom. The first-order chi connectivity index (χ1) is 11.6. The summed E-state index contributed by atoms with van der Waals surface area (Å²) in [6.45, 7) is 4.64. The fraction of sp³-hybridized carbons (Fsp3) is 0.474. The van der Waals surface area contributed by atoms with E-state index >= 15 is 0 Å². The number of rotatable bonds is 2. The van der Waals surface area contributed by atoms with Gasteiger partial charge in [-0.1, -0.05) is 25.1 Å². The molecule has 0 saturated carbocycles. The van der Waals surface area contributed by atoms with Crippen molar-refractivity contribution in [1.82, 2.24) is 15.1 Å². The molecule has 5 nitrogen and oxygen atoms in total. The minimum absolute atomic E-state index is 0.0179. The van der Waals surface area contributed by atoms with Crippen molar-refractivity contribution in [3.05, 3.63) is 47.8 Å². The van der Waals surface area contributed by atoms with E-state index in [4.69, 9.17) is 0 Å². The molecule has 4 rings (SSSR count). The minimum atomic E-state index is -0.0179. The summed E-state index contributed by atoms with van der Waals surface area (Å²) in [5.41, 5.74) is 3.54. The zero-order valence-corrected chi connectivity index (χ0v) is 14.3. The molecule has 1 aromatic heterocycles. The minimum Gasteiger partial charge on any atom is -0.315 e. The van der Waals surface area contributed by atoms with Crippen LogP contribution in [0, 0.1) is 5.92 Å². The highest BCUT2D eigenvalue weighted by Crippen LogP contribution is 2.37. The lowest BCUT2D eigenvalue weighted by Crippen LogP contribution is -2.42. The van der Waals surface area contributed by atoms with Crippen molar-refractivity contribution in [2.75, 3.05) is 24.5 Å². The summed E-state index contributed by atoms with van der Waals surface area (Å²) >= 11 is 0. The van der Waals surface area contributed by atoms with Crippen LogP contribution in [0.4, 0.5) is 5.69 Å². The molecule has 1 unspecified atom stereocenters. The molecule has 5 heteroatoms. The van der Waals surface area contributed by atoms with Gasteiger partial charge in [0.1, 0.15) is 0 Å². The maximum atomic E-state index is 13.3. The number of carbonyl (C=O) groups is 1. The van der Waals surface area contributed by atoms with Crippen LogP contribution in [-0.2, 0) is 11.8 Å². The van der Waals surface area contributed by atoms with E-state index in [-0.39, 0.29) is 17.7 Å². The Kier molecular flexibility index (Phi) is 3.88. The normalized spacial score (nSPS) is 26.4. The molecule has 1 fully saturated rings. The zero-order valence-electron chi connectivity index (χ0n) is 14.3. The van der Waals surface area contributed by atoms with Crippen LogP contribution in [0.25, 0.3) is 0 Å². The van der Waals surface area contributed by atoms with Gasteiger partial charge >= 0.3 is 0 Å². The molecule has 1 amide bonds. The first kappa shape index (κ1) is 15.4. The van der Waals surface area contributed by atoms with Crippen LogP contribution >= 0.6 is 0 Å². The quantitative estimate of drug-likeness (QED) is 0.922. The average Bonchev–Trinajstić information content (AvgIpc) is 3.23. The first-order valence-electron chi connectivity index (χ1n) is 8.74. The highest BCUT2D eigenvalue weighted by atomic mass is 16.2. The number of benzene rings is 1. The Morgan fingerprint density at radius 3 is 2.92 bits per heavy atom. The van der Waals surface area contributed by atoms with Gasteiger partial charge in [0.15, 0.2) is 0 Å². The van der Waals surface area contributed by atoms with E-state index in [2.05, 4.69) is 35.5 Å². The first-order valence-corrected chi connectivity index (χ1v) is 8.74. The number of nitrogens with zero attached hydrogens (tertiary/aromatic N) is 3. The van der Waals surface area contributed by atoms with Gasteiger partial charge in [-0.2, -0.15) is 5.10 Å². The summed E-state index contributed by atoms with van der Waals surface area (Å²) in [5, 5.41) is 7.68. The van der Waals surface area contributed by atoms with Gasteiger partial charge in [-0.3, -0.25) is 9.48 Å². The standard InChI is InChI=1S/C19H24N4O/c1-13-7-8-23(18-6-4-3-5-15(13)18)19(24)17-11-20-10-16(17)14-9-21-22(2)12-14/h3-6,9,12-13,16-17,20H,7-8,10-11H2,1-2H3/t13?,16-,17+/m1/s1. The SMILES string of the molecule is CC1CCN(C(=O)[C@H]2CNC[C@@H]2c2cnn(C)c2)c2ccccc21. The van der Waals surface area contributed by atoms with E-state index in [1.807, 2.05) is 35.1 Å². The molecule has 0 bridgehead atoms. The van der Waals surface area contributed by atoms with Gasteiger partial charge in [0, 0.05) is 44.5 Å². The Bertz CT molecular complexity index is 753. The molecular formula is C19H24N4O. The molecule has 2 aromatic rings. The van der Waals surface area contributed by atoms with Crippen LogP contribution in [-0.4, -0.2) is 35.3 Å². The molecule has 126 valence electrons. The van der Waals surface area contributed by atoms with E-state index in [1.54, 1.807) is 0 Å². The highest BCUT2D eigenvalue weighted by Gasteiger charge is 2.39. The van der Waals surface area contributed by atoms with Gasteiger partial charge in [0.2, 0.25) is 5.91 Å². The number of aromatic nitrogens is 2. The molecule has 1 aromatic carbocycles. The number of hydrogen-bond donors (Lipinski definition) is 1. The summed E-state index contributed by atoms with van der Waals surface area (Å²) in [7, 11) is 1.92. The second kappa shape index (κ2) is 6.06. The number of hydrogen-bond acceptors (Lipinski definition) is 3. The predicted molar refractivity (Wildman–Crippen MR) is 94.1 cm³/mol. The van der Waals surface area contributed by atoms with E-state index in [9.17, 15) is 4.79 Å². The van der Waals surface area contributed by atoms with Gasteiger partial charge < -0.3 is 10.2 Å². The molecule has 1 saturated heterocycles. The molecule has 24 heavy (non-hydrogen) atoms. The third-order valence-corrected chi connectivity index (χ3v) is 5.49. The third kappa shape index (κ3) is 2.53. The van der Waals surface area contributed by atoms with Crippen LogP contribution in [0.3, 0.4) is 0 Å². The Labute approximate surface area is 142 Å². The Morgan fingerprint density at radius 2 is 2.12 bits per heavy atom. The van der Waals surface area contributed by atoms with Crippen LogP contribution in [0.2, 0.25) is 0 Å². The van der Waals surface area contributed by atoms with Gasteiger partial charge in [-0.15, -0.1) is 0 Å². The lowest BCUT2D eigenvalue weighted by atomic mass is 9.87. The van der Waals surface area contributed by atoms with Gasteiger partial charge in [0.25, 0.3) is 0 Å². The predicted octanol–water partition coefficient (Wildman–Crippen LogP) is 2.26. The third-order valence-electron chi connectivity index (χ3n) is 5.49. The van der Waals surface area contributed by atoms with Crippen molar-refractivity contribution in [2.45, 2.75) is 25.2 Å². The van der Waals surface area contributed by atoms with Crippen molar-refractivity contribution in [3.63, 3.8) is 0 Å². The summed E-state index contributed by atoms with van der Waals surface area (Å²) < 4.78 is 1.81. The number of para-hydroxylation sites is 1. The number of carbonyl (C=O) groups excluding carboxylic acids is 1. The summed E-state index contributed by atoms with van der Waals surface area (Å²) in [6.07, 6.45) is 4.95. The van der Waals surface area contributed by atoms with Crippen LogP contribution in [0.15, 0.2) is 36.7 Å². The largest absolute Gasteiger partial charge is 0.315 e. The molecule has 0 radical (unpaired) electrons. The highest BCUT2D eigenvalue weighted by molar-refractivity contribution is 5.97. The van der Waals surface area contributed by atoms with E-state index in [0.29, 0.717) is 5.92 Å². The van der Waals surface area contributed by atoms with Crippen molar-refractivity contribution in [1.29, 1.82) is 0 Å². The molecule has 2 aliphatic heterocycles. The number of anilines is 1. The van der Waals surface area contributed by atoms with E-state index in [1.165, 1.54) is 5.56 Å². The van der Waals surface area contributed by atoms with E-state index in [0.717, 1.165) is 37.3 Å². The van der Waals surface area contributed by atoms with Crippen molar-refractivity contribution >= 4 is 11.6 Å². The fourth-order valence-corrected chi connectivity index (χ4v) is 4.10. The van der Waals surface area contributed by atoms with Crippen molar-refractivity contribution in [3.8, 4) is 0 Å². The molecule has 1 N–H and O–H groups in total. The molecule has 0 aliphatic carbocycles. The Balaban J connectivity index is 1.63. The number of amides is 1. The van der Waals surface area contributed by atoms with Gasteiger partial charge in [-0.05, 0) is 29.5 Å². The van der Waals surface area contributed by atoms with E-state index < -0.39 is 0 Å². The number of aryl methyl sites for hydroxylation is 1. The lowest BCUT2D eigenvalue weighted by Gasteiger charge is -2.35. The zero-order chi connectivity index (χ0) is 16.7. The average molecular weight is 324 g/mol. The van der Waals surface area contributed by atoms with Gasteiger partial charge in [0.05, 0.1) is 12.1 Å². The number of nitrogens with one attached hydrogen (secondary N) is 1. The van der Waals surface area contributed by atoms with Crippen LogP contribution < -0.4 is 10.2 Å². The number of fused-ring (bicyclic) bond motifs is 1. The molecule has 3 heterocycles. The fourth-order valence-electron chi connectivity index (χ4n) is 4.10. The maximum Gasteiger partial charge on any atom is 0.232 e. The van der Waals surface area contributed by atoms with Crippen molar-refractivity contribution < 1.29 is 4.79 Å². The summed E-state index contributed by atoms with van der Waals surface area (Å²) in [5.74, 6) is 0.947. The molecule has 2 aliphatic rings. The summed E-state index contributed by atoms with van der Waals surface area (Å²) in [6, 6.07) is 8.34. The van der Waals surface area contributed by atoms with Crippen molar-refractivity contribution in [2.24, 2.45) is 13.0 Å². The monoisotopic (exact) mass is 324 g/mol. The molecule has 3 atom stereocenters. The second-order valence-corrected chi connectivity index (χ2v) is 7.06.